The maximum Gasteiger partial charge on any atom is 0.0585 e. The first-order valence-corrected chi connectivity index (χ1v) is 6.70. The van der Waals surface area contributed by atoms with E-state index in [9.17, 15) is 4.21 Å². The minimum Gasteiger partial charge on any atom is -0.397 e. The van der Waals surface area contributed by atoms with Gasteiger partial charge >= 0.3 is 0 Å². The molecular formula is C9H13BrN2OS. The van der Waals surface area contributed by atoms with Gasteiger partial charge in [0.05, 0.1) is 11.4 Å². The summed E-state index contributed by atoms with van der Waals surface area (Å²) < 4.78 is 11.8. The van der Waals surface area contributed by atoms with Gasteiger partial charge in [0.25, 0.3) is 0 Å². The normalized spacial score (nSPS) is 12.4. The van der Waals surface area contributed by atoms with Gasteiger partial charge in [-0.25, -0.2) is 0 Å². The molecule has 1 aromatic rings. The molecule has 3 N–H and O–H groups in total. The van der Waals surface area contributed by atoms with E-state index in [1.165, 1.54) is 0 Å². The summed E-state index contributed by atoms with van der Waals surface area (Å²) in [5.74, 6) is 0.631. The summed E-state index contributed by atoms with van der Waals surface area (Å²) >= 11 is 3.36. The van der Waals surface area contributed by atoms with Gasteiger partial charge in [0.2, 0.25) is 0 Å². The highest BCUT2D eigenvalue weighted by molar-refractivity contribution is 9.10. The van der Waals surface area contributed by atoms with Crippen molar-refractivity contribution in [1.29, 1.82) is 0 Å². The number of halogens is 1. The molecule has 0 aliphatic carbocycles. The van der Waals surface area contributed by atoms with Gasteiger partial charge in [-0.3, -0.25) is 4.21 Å². The Bertz CT molecular complexity index is 344. The highest BCUT2D eigenvalue weighted by Gasteiger charge is 1.99. The van der Waals surface area contributed by atoms with Crippen LogP contribution in [0.1, 0.15) is 0 Å². The van der Waals surface area contributed by atoms with Gasteiger partial charge in [-0.15, -0.1) is 0 Å². The maximum absolute atomic E-state index is 10.8. The van der Waals surface area contributed by atoms with Crippen molar-refractivity contribution in [2.75, 3.05) is 29.6 Å². The minimum absolute atomic E-state index is 0.631. The standard InChI is InChI=1S/C9H13BrN2OS/c1-14(13)5-4-12-9-6-7(10)2-3-8(9)11/h2-3,6,12H,4-5,11H2,1H3. The summed E-state index contributed by atoms with van der Waals surface area (Å²) in [5.41, 5.74) is 7.33. The number of rotatable bonds is 4. The van der Waals surface area contributed by atoms with E-state index in [2.05, 4.69) is 21.2 Å². The lowest BCUT2D eigenvalue weighted by molar-refractivity contribution is 0.687. The van der Waals surface area contributed by atoms with E-state index in [1.807, 2.05) is 18.2 Å². The van der Waals surface area contributed by atoms with E-state index < -0.39 is 10.8 Å². The van der Waals surface area contributed by atoms with Gasteiger partial charge in [0.15, 0.2) is 0 Å². The van der Waals surface area contributed by atoms with Crippen LogP contribution in [0.2, 0.25) is 0 Å². The van der Waals surface area contributed by atoms with Crippen LogP contribution in [0.25, 0.3) is 0 Å². The first-order valence-electron chi connectivity index (χ1n) is 4.18. The molecular weight excluding hydrogens is 264 g/mol. The van der Waals surface area contributed by atoms with Gasteiger partial charge in [-0.1, -0.05) is 15.9 Å². The van der Waals surface area contributed by atoms with E-state index in [0.717, 1.165) is 10.2 Å². The predicted octanol–water partition coefficient (Wildman–Crippen LogP) is 1.82. The van der Waals surface area contributed by atoms with Crippen LogP contribution in [0.5, 0.6) is 0 Å². The molecule has 1 unspecified atom stereocenters. The van der Waals surface area contributed by atoms with Crippen molar-refractivity contribution in [1.82, 2.24) is 0 Å². The van der Waals surface area contributed by atoms with E-state index in [0.29, 0.717) is 18.0 Å². The molecule has 3 nitrogen and oxygen atoms in total. The summed E-state index contributed by atoms with van der Waals surface area (Å²) in [6, 6.07) is 5.63. The number of anilines is 2. The SMILES string of the molecule is CS(=O)CCNc1cc(Br)ccc1N. The fourth-order valence-electron chi connectivity index (χ4n) is 1.01. The second kappa shape index (κ2) is 5.36. The minimum atomic E-state index is -0.766. The van der Waals surface area contributed by atoms with Crippen LogP contribution in [0.3, 0.4) is 0 Å². The molecule has 0 aromatic heterocycles. The van der Waals surface area contributed by atoms with Gasteiger partial charge in [-0.05, 0) is 18.2 Å². The van der Waals surface area contributed by atoms with Crippen LogP contribution in [-0.4, -0.2) is 22.8 Å². The Morgan fingerprint density at radius 1 is 1.57 bits per heavy atom. The van der Waals surface area contributed by atoms with Crippen molar-refractivity contribution in [2.24, 2.45) is 0 Å². The second-order valence-electron chi connectivity index (χ2n) is 2.94. The van der Waals surface area contributed by atoms with Crippen molar-refractivity contribution >= 4 is 38.1 Å². The van der Waals surface area contributed by atoms with Crippen LogP contribution < -0.4 is 11.1 Å². The summed E-state index contributed by atoms with van der Waals surface area (Å²) in [5, 5.41) is 3.14. The fraction of sp³-hybridized carbons (Fsp3) is 0.333. The lowest BCUT2D eigenvalue weighted by Crippen LogP contribution is -2.10. The number of nitrogens with two attached hydrogens (primary N) is 1. The van der Waals surface area contributed by atoms with Gasteiger partial charge in [0, 0.05) is 33.8 Å². The first-order chi connectivity index (χ1) is 6.59. The van der Waals surface area contributed by atoms with Crippen LogP contribution in [-0.2, 0) is 10.8 Å². The van der Waals surface area contributed by atoms with E-state index in [1.54, 1.807) is 6.26 Å². The molecule has 0 amide bonds. The smallest absolute Gasteiger partial charge is 0.0585 e. The van der Waals surface area contributed by atoms with Gasteiger partial charge in [0.1, 0.15) is 0 Å². The van der Waals surface area contributed by atoms with Crippen molar-refractivity contribution in [3.05, 3.63) is 22.7 Å². The Balaban J connectivity index is 2.57. The second-order valence-corrected chi connectivity index (χ2v) is 5.41. The Morgan fingerprint density at radius 2 is 2.29 bits per heavy atom. The summed E-state index contributed by atoms with van der Waals surface area (Å²) in [6.45, 7) is 0.670. The molecule has 0 saturated heterocycles. The highest BCUT2D eigenvalue weighted by atomic mass is 79.9. The van der Waals surface area contributed by atoms with E-state index in [-0.39, 0.29) is 0 Å². The first kappa shape index (κ1) is 11.5. The van der Waals surface area contributed by atoms with Gasteiger partial charge < -0.3 is 11.1 Å². The van der Waals surface area contributed by atoms with Crippen molar-refractivity contribution in [3.63, 3.8) is 0 Å². The highest BCUT2D eigenvalue weighted by Crippen LogP contribution is 2.22. The Hall–Kier alpha value is -0.550. The molecule has 0 aliphatic rings. The molecule has 14 heavy (non-hydrogen) atoms. The lowest BCUT2D eigenvalue weighted by Gasteiger charge is -2.08. The number of hydrogen-bond donors (Lipinski definition) is 2. The molecule has 5 heteroatoms. The van der Waals surface area contributed by atoms with Gasteiger partial charge in [-0.2, -0.15) is 0 Å². The molecule has 1 aromatic carbocycles. The van der Waals surface area contributed by atoms with Crippen molar-refractivity contribution < 1.29 is 4.21 Å². The fourth-order valence-corrected chi connectivity index (χ4v) is 1.76. The number of hydrogen-bond acceptors (Lipinski definition) is 3. The summed E-state index contributed by atoms with van der Waals surface area (Å²) in [6.07, 6.45) is 1.69. The maximum atomic E-state index is 10.8. The predicted molar refractivity (Wildman–Crippen MR) is 66.0 cm³/mol. The summed E-state index contributed by atoms with van der Waals surface area (Å²) in [7, 11) is -0.766. The molecule has 0 heterocycles. The van der Waals surface area contributed by atoms with E-state index in [4.69, 9.17) is 5.73 Å². The molecule has 0 fully saturated rings. The third-order valence-corrected chi connectivity index (χ3v) is 2.99. The Kier molecular flexibility index (Phi) is 4.41. The average Bonchev–Trinajstić information content (AvgIpc) is 2.10. The lowest BCUT2D eigenvalue weighted by atomic mass is 10.3. The monoisotopic (exact) mass is 276 g/mol. The van der Waals surface area contributed by atoms with Crippen LogP contribution >= 0.6 is 15.9 Å². The zero-order valence-corrected chi connectivity index (χ0v) is 10.3. The number of nitrogens with one attached hydrogen (secondary N) is 1. The zero-order chi connectivity index (χ0) is 10.6. The van der Waals surface area contributed by atoms with Crippen LogP contribution in [0.4, 0.5) is 11.4 Å². The average molecular weight is 277 g/mol. The van der Waals surface area contributed by atoms with Crippen LogP contribution in [0.15, 0.2) is 22.7 Å². The number of benzene rings is 1. The molecule has 1 rings (SSSR count). The zero-order valence-electron chi connectivity index (χ0n) is 7.92. The quantitative estimate of drug-likeness (QED) is 0.825. The topological polar surface area (TPSA) is 55.1 Å². The van der Waals surface area contributed by atoms with Crippen LogP contribution in [0, 0.1) is 0 Å². The molecule has 78 valence electrons. The van der Waals surface area contributed by atoms with E-state index >= 15 is 0 Å². The molecule has 1 atom stereocenters. The molecule has 0 saturated carbocycles. The Labute approximate surface area is 94.7 Å². The number of nitrogen functional groups attached to an aromatic ring is 1. The van der Waals surface area contributed by atoms with Crippen molar-refractivity contribution in [3.8, 4) is 0 Å². The molecule has 0 spiro atoms. The largest absolute Gasteiger partial charge is 0.397 e. The molecule has 0 radical (unpaired) electrons. The molecule has 0 bridgehead atoms. The third kappa shape index (κ3) is 3.67. The Morgan fingerprint density at radius 3 is 2.93 bits per heavy atom. The third-order valence-electron chi connectivity index (χ3n) is 1.72. The van der Waals surface area contributed by atoms with Crippen molar-refractivity contribution in [2.45, 2.75) is 0 Å². The summed E-state index contributed by atoms with van der Waals surface area (Å²) in [4.78, 5) is 0. The molecule has 0 aliphatic heterocycles.